The zero-order valence-electron chi connectivity index (χ0n) is 15.4. The van der Waals surface area contributed by atoms with E-state index in [1.807, 2.05) is 0 Å². The van der Waals surface area contributed by atoms with Gasteiger partial charge in [-0.3, -0.25) is 0 Å². The summed E-state index contributed by atoms with van der Waals surface area (Å²) in [6.07, 6.45) is 0. The summed E-state index contributed by atoms with van der Waals surface area (Å²) < 4.78 is 69.6. The topological polar surface area (TPSA) is 0 Å². The molecule has 0 spiro atoms. The average molecular weight is 195 g/mol. The SMILES string of the molecule is [2H]c1c([2H])c([2H])c(-c2c([2H])c([2H])c([2H])c([2H])c2S)c([2H])c1[2H]. The lowest BCUT2D eigenvalue weighted by Gasteiger charge is -2.03. The molecule has 0 bridgehead atoms. The van der Waals surface area contributed by atoms with Gasteiger partial charge < -0.3 is 0 Å². The second-order valence-corrected chi connectivity index (χ2v) is 2.67. The summed E-state index contributed by atoms with van der Waals surface area (Å²) in [6.45, 7) is 0. The minimum Gasteiger partial charge on any atom is -0.143 e. The molecule has 0 unspecified atom stereocenters. The summed E-state index contributed by atoms with van der Waals surface area (Å²) in [5.41, 5.74) is -0.491. The van der Waals surface area contributed by atoms with Gasteiger partial charge >= 0.3 is 0 Å². The van der Waals surface area contributed by atoms with Crippen molar-refractivity contribution in [3.05, 3.63) is 54.4 Å². The van der Waals surface area contributed by atoms with E-state index >= 15 is 0 Å². The van der Waals surface area contributed by atoms with E-state index in [9.17, 15) is 0 Å². The molecular weight excluding hydrogens is 176 g/mol. The van der Waals surface area contributed by atoms with Crippen LogP contribution in [0, 0.1) is 0 Å². The van der Waals surface area contributed by atoms with Crippen molar-refractivity contribution < 1.29 is 12.3 Å². The minimum absolute atomic E-state index is 0.162. The lowest BCUT2D eigenvalue weighted by molar-refractivity contribution is 1.46. The molecule has 0 aliphatic rings. The normalized spacial score (nSPS) is 19.6. The van der Waals surface area contributed by atoms with E-state index < -0.39 is 54.4 Å². The second-order valence-electron chi connectivity index (χ2n) is 2.22. The number of hydrogen-bond donors (Lipinski definition) is 1. The molecule has 0 aromatic heterocycles. The van der Waals surface area contributed by atoms with Crippen molar-refractivity contribution in [3.8, 4) is 11.1 Å². The Labute approximate surface area is 96.3 Å². The van der Waals surface area contributed by atoms with E-state index in [1.165, 1.54) is 0 Å². The predicted octanol–water partition coefficient (Wildman–Crippen LogP) is 3.64. The van der Waals surface area contributed by atoms with Gasteiger partial charge in [-0.2, -0.15) is 0 Å². The summed E-state index contributed by atoms with van der Waals surface area (Å²) in [4.78, 5) is -0.162. The smallest absolute Gasteiger partial charge is 0.0635 e. The highest BCUT2D eigenvalue weighted by atomic mass is 32.1. The van der Waals surface area contributed by atoms with Crippen molar-refractivity contribution in [2.24, 2.45) is 0 Å². The maximum Gasteiger partial charge on any atom is 0.0635 e. The number of rotatable bonds is 1. The van der Waals surface area contributed by atoms with Crippen LogP contribution in [0.1, 0.15) is 12.3 Å². The highest BCUT2D eigenvalue weighted by Gasteiger charge is 1.98. The Morgan fingerprint density at radius 2 is 1.46 bits per heavy atom. The van der Waals surface area contributed by atoms with E-state index in [0.717, 1.165) is 0 Å². The van der Waals surface area contributed by atoms with E-state index in [0.29, 0.717) is 0 Å². The Morgan fingerprint density at radius 3 is 2.23 bits per heavy atom. The maximum absolute atomic E-state index is 7.92. The Hall–Kier alpha value is -1.21. The van der Waals surface area contributed by atoms with Crippen LogP contribution >= 0.6 is 12.6 Å². The van der Waals surface area contributed by atoms with Crippen molar-refractivity contribution in [3.63, 3.8) is 0 Å². The summed E-state index contributed by atoms with van der Waals surface area (Å²) >= 11 is 4.05. The molecule has 0 radical (unpaired) electrons. The molecule has 0 amide bonds. The van der Waals surface area contributed by atoms with E-state index in [4.69, 9.17) is 12.3 Å². The van der Waals surface area contributed by atoms with Crippen LogP contribution in [-0.2, 0) is 0 Å². The van der Waals surface area contributed by atoms with Crippen molar-refractivity contribution in [1.82, 2.24) is 0 Å². The molecule has 0 heterocycles. The van der Waals surface area contributed by atoms with Gasteiger partial charge in [0.05, 0.1) is 12.3 Å². The first-order chi connectivity index (χ1) is 10.1. The summed E-state index contributed by atoms with van der Waals surface area (Å²) in [6, 6.07) is -4.75. The Bertz CT molecular complexity index is 675. The van der Waals surface area contributed by atoms with Crippen molar-refractivity contribution in [1.29, 1.82) is 0 Å². The molecule has 1 heteroatoms. The van der Waals surface area contributed by atoms with Gasteiger partial charge in [0.1, 0.15) is 0 Å². The fourth-order valence-corrected chi connectivity index (χ4v) is 1.09. The Balaban J connectivity index is 3.03. The lowest BCUT2D eigenvalue weighted by atomic mass is 10.1. The molecule has 0 saturated heterocycles. The first-order valence-corrected chi connectivity index (χ1v) is 3.92. The van der Waals surface area contributed by atoms with Gasteiger partial charge in [0, 0.05) is 4.90 Å². The lowest BCUT2D eigenvalue weighted by Crippen LogP contribution is -1.77. The highest BCUT2D eigenvalue weighted by molar-refractivity contribution is 7.80. The van der Waals surface area contributed by atoms with Crippen LogP contribution in [0.25, 0.3) is 11.1 Å². The Morgan fingerprint density at radius 1 is 0.846 bits per heavy atom. The molecule has 0 saturated carbocycles. The van der Waals surface area contributed by atoms with Gasteiger partial charge in [-0.25, -0.2) is 0 Å². The molecular formula is C12H10S. The fraction of sp³-hybridized carbons (Fsp3) is 0. The summed E-state index contributed by atoms with van der Waals surface area (Å²) in [5.74, 6) is 0. The number of benzene rings is 2. The third kappa shape index (κ3) is 1.76. The van der Waals surface area contributed by atoms with Gasteiger partial charge in [-0.15, -0.1) is 12.6 Å². The van der Waals surface area contributed by atoms with Crippen LogP contribution in [0.3, 0.4) is 0 Å². The van der Waals surface area contributed by atoms with Crippen molar-refractivity contribution in [2.75, 3.05) is 0 Å². The molecule has 2 aromatic rings. The molecule has 64 valence electrons. The fourth-order valence-electron chi connectivity index (χ4n) is 0.862. The quantitative estimate of drug-likeness (QED) is 0.660. The van der Waals surface area contributed by atoms with Crippen LogP contribution in [0.5, 0.6) is 0 Å². The zero-order valence-corrected chi connectivity index (χ0v) is 7.34. The van der Waals surface area contributed by atoms with Crippen LogP contribution in [0.15, 0.2) is 59.3 Å². The third-order valence-electron chi connectivity index (χ3n) is 1.42. The van der Waals surface area contributed by atoms with E-state index in [1.54, 1.807) is 0 Å². The zero-order chi connectivity index (χ0) is 16.9. The summed E-state index contributed by atoms with van der Waals surface area (Å²) in [5, 5.41) is 0. The Kier molecular flexibility index (Phi) is 0.816. The van der Waals surface area contributed by atoms with Gasteiger partial charge in [-0.05, 0) is 17.2 Å². The second kappa shape index (κ2) is 3.67. The molecule has 0 N–H and O–H groups in total. The summed E-state index contributed by atoms with van der Waals surface area (Å²) in [7, 11) is 0. The van der Waals surface area contributed by atoms with E-state index in [2.05, 4.69) is 12.6 Å². The molecule has 0 aliphatic heterocycles. The molecule has 2 rings (SSSR count). The number of hydrogen-bond acceptors (Lipinski definition) is 1. The highest BCUT2D eigenvalue weighted by Crippen LogP contribution is 2.25. The first-order valence-electron chi connectivity index (χ1n) is 7.97. The molecule has 0 aliphatic carbocycles. The number of thiol groups is 1. The van der Waals surface area contributed by atoms with Crippen molar-refractivity contribution in [2.45, 2.75) is 4.90 Å². The minimum atomic E-state index is -0.573. The first kappa shape index (κ1) is 2.89. The van der Waals surface area contributed by atoms with Gasteiger partial charge in [0.15, 0.2) is 0 Å². The largest absolute Gasteiger partial charge is 0.143 e. The molecule has 0 fully saturated rings. The van der Waals surface area contributed by atoms with Gasteiger partial charge in [0.25, 0.3) is 0 Å². The third-order valence-corrected chi connectivity index (χ3v) is 1.75. The monoisotopic (exact) mass is 195 g/mol. The molecule has 2 aromatic carbocycles. The molecule has 0 nitrogen and oxygen atoms in total. The molecule has 13 heavy (non-hydrogen) atoms. The van der Waals surface area contributed by atoms with Crippen LogP contribution in [0.4, 0.5) is 0 Å². The molecule has 0 atom stereocenters. The van der Waals surface area contributed by atoms with E-state index in [-0.39, 0.29) is 16.0 Å². The average Bonchev–Trinajstić information content (AvgIpc) is 2.50. The van der Waals surface area contributed by atoms with Crippen LogP contribution in [0.2, 0.25) is 0 Å². The standard InChI is InChI=1S/C12H10S/c13-12-9-5-4-8-11(12)10-6-2-1-3-7-10/h1-9,13H/i1D,2D,3D,4D,5D,6D,7D,8D,9D. The maximum atomic E-state index is 7.92. The van der Waals surface area contributed by atoms with Crippen LogP contribution in [-0.4, -0.2) is 0 Å². The van der Waals surface area contributed by atoms with Crippen molar-refractivity contribution >= 4 is 12.6 Å². The van der Waals surface area contributed by atoms with Crippen LogP contribution < -0.4 is 0 Å². The van der Waals surface area contributed by atoms with Gasteiger partial charge in [-0.1, -0.05) is 48.3 Å². The predicted molar refractivity (Wildman–Crippen MR) is 59.1 cm³/mol. The van der Waals surface area contributed by atoms with Gasteiger partial charge in [0.2, 0.25) is 0 Å².